The third-order valence-corrected chi connectivity index (χ3v) is 2.71. The summed E-state index contributed by atoms with van der Waals surface area (Å²) >= 11 is 0. The lowest BCUT2D eigenvalue weighted by molar-refractivity contribution is -0.137. The standard InChI is InChI=1S/C14H21NO3/c1-15(2)10-12-8-4-6-11(14(12)18-3)7-5-9-13(16)17/h4,6,8H,5,7,9-10H2,1-3H3,(H,16,17). The Kier molecular flexibility index (Phi) is 5.65. The highest BCUT2D eigenvalue weighted by molar-refractivity contribution is 5.66. The number of methoxy groups -OCH3 is 1. The lowest BCUT2D eigenvalue weighted by atomic mass is 10.0. The highest BCUT2D eigenvalue weighted by atomic mass is 16.5. The quantitative estimate of drug-likeness (QED) is 0.807. The van der Waals surface area contributed by atoms with Gasteiger partial charge in [-0.2, -0.15) is 0 Å². The van der Waals surface area contributed by atoms with Crippen LogP contribution in [-0.4, -0.2) is 37.2 Å². The molecule has 0 heterocycles. The fraction of sp³-hybridized carbons (Fsp3) is 0.500. The summed E-state index contributed by atoms with van der Waals surface area (Å²) in [4.78, 5) is 12.6. The van der Waals surface area contributed by atoms with Crippen molar-refractivity contribution in [2.75, 3.05) is 21.2 Å². The summed E-state index contributed by atoms with van der Waals surface area (Å²) in [6.07, 6.45) is 1.56. The number of para-hydroxylation sites is 1. The van der Waals surface area contributed by atoms with E-state index in [9.17, 15) is 4.79 Å². The lowest BCUT2D eigenvalue weighted by Gasteiger charge is -2.16. The molecule has 1 rings (SSSR count). The predicted octanol–water partition coefficient (Wildman–Crippen LogP) is 2.16. The van der Waals surface area contributed by atoms with E-state index in [0.717, 1.165) is 29.8 Å². The van der Waals surface area contributed by atoms with Crippen LogP contribution in [0.1, 0.15) is 24.0 Å². The molecule has 0 atom stereocenters. The molecule has 0 radical (unpaired) electrons. The summed E-state index contributed by atoms with van der Waals surface area (Å²) < 4.78 is 5.46. The first-order valence-electron chi connectivity index (χ1n) is 6.06. The molecule has 0 amide bonds. The number of rotatable bonds is 7. The SMILES string of the molecule is COc1c(CCCC(=O)O)cccc1CN(C)C. The Morgan fingerprint density at radius 2 is 2.00 bits per heavy atom. The number of aryl methyl sites for hydroxylation is 1. The number of benzene rings is 1. The number of nitrogens with zero attached hydrogens (tertiary/aromatic N) is 1. The van der Waals surface area contributed by atoms with Crippen LogP contribution in [0.5, 0.6) is 5.75 Å². The topological polar surface area (TPSA) is 49.8 Å². The number of ether oxygens (including phenoxy) is 1. The predicted molar refractivity (Wildman–Crippen MR) is 71.0 cm³/mol. The number of carboxylic acids is 1. The van der Waals surface area contributed by atoms with Gasteiger partial charge in [0.15, 0.2) is 0 Å². The Morgan fingerprint density at radius 1 is 1.33 bits per heavy atom. The molecule has 0 saturated heterocycles. The Hall–Kier alpha value is -1.55. The van der Waals surface area contributed by atoms with Crippen LogP contribution in [0, 0.1) is 0 Å². The van der Waals surface area contributed by atoms with E-state index in [4.69, 9.17) is 9.84 Å². The van der Waals surface area contributed by atoms with Crippen molar-refractivity contribution in [1.82, 2.24) is 4.90 Å². The minimum atomic E-state index is -0.751. The summed E-state index contributed by atoms with van der Waals surface area (Å²) in [5, 5.41) is 8.65. The van der Waals surface area contributed by atoms with E-state index >= 15 is 0 Å². The second-order valence-corrected chi connectivity index (χ2v) is 4.59. The van der Waals surface area contributed by atoms with Gasteiger partial charge in [0.25, 0.3) is 0 Å². The molecule has 100 valence electrons. The average molecular weight is 251 g/mol. The van der Waals surface area contributed by atoms with Crippen LogP contribution in [0.25, 0.3) is 0 Å². The fourth-order valence-electron chi connectivity index (χ4n) is 1.99. The van der Waals surface area contributed by atoms with Crippen molar-refractivity contribution in [3.8, 4) is 5.75 Å². The summed E-state index contributed by atoms with van der Waals surface area (Å²) in [6.45, 7) is 0.815. The maximum atomic E-state index is 10.5. The summed E-state index contributed by atoms with van der Waals surface area (Å²) in [7, 11) is 5.68. The van der Waals surface area contributed by atoms with Gasteiger partial charge >= 0.3 is 5.97 Å². The number of hydrogen-bond acceptors (Lipinski definition) is 3. The monoisotopic (exact) mass is 251 g/mol. The van der Waals surface area contributed by atoms with E-state index in [-0.39, 0.29) is 6.42 Å². The van der Waals surface area contributed by atoms with Gasteiger partial charge < -0.3 is 14.7 Å². The van der Waals surface area contributed by atoms with Crippen molar-refractivity contribution in [2.45, 2.75) is 25.8 Å². The van der Waals surface area contributed by atoms with Crippen LogP contribution >= 0.6 is 0 Å². The number of aliphatic carboxylic acids is 1. The van der Waals surface area contributed by atoms with Crippen LogP contribution in [0.4, 0.5) is 0 Å². The van der Waals surface area contributed by atoms with Crippen LogP contribution in [-0.2, 0) is 17.8 Å². The minimum absolute atomic E-state index is 0.195. The first-order valence-corrected chi connectivity index (χ1v) is 6.06. The van der Waals surface area contributed by atoms with Crippen molar-refractivity contribution in [3.63, 3.8) is 0 Å². The molecule has 1 aromatic rings. The van der Waals surface area contributed by atoms with Crippen molar-refractivity contribution in [2.24, 2.45) is 0 Å². The molecule has 0 spiro atoms. The summed E-state index contributed by atoms with van der Waals surface area (Å²) in [5.74, 6) is 0.134. The van der Waals surface area contributed by atoms with Gasteiger partial charge in [0.05, 0.1) is 7.11 Å². The highest BCUT2D eigenvalue weighted by Crippen LogP contribution is 2.26. The summed E-state index contributed by atoms with van der Waals surface area (Å²) in [6, 6.07) is 6.04. The second kappa shape index (κ2) is 7.01. The molecule has 1 aromatic carbocycles. The first-order chi connectivity index (χ1) is 8.54. The van der Waals surface area contributed by atoms with Gasteiger partial charge in [0.1, 0.15) is 5.75 Å². The number of carboxylic acid groups (broad SMARTS) is 1. The van der Waals surface area contributed by atoms with E-state index in [1.807, 2.05) is 32.3 Å². The van der Waals surface area contributed by atoms with Crippen molar-refractivity contribution < 1.29 is 14.6 Å². The zero-order valence-electron chi connectivity index (χ0n) is 11.3. The molecule has 0 aliphatic rings. The first kappa shape index (κ1) is 14.5. The normalized spacial score (nSPS) is 10.7. The Morgan fingerprint density at radius 3 is 2.56 bits per heavy atom. The zero-order chi connectivity index (χ0) is 13.5. The zero-order valence-corrected chi connectivity index (χ0v) is 11.3. The smallest absolute Gasteiger partial charge is 0.303 e. The Labute approximate surface area is 108 Å². The molecular weight excluding hydrogens is 230 g/mol. The third kappa shape index (κ3) is 4.37. The molecule has 1 N–H and O–H groups in total. The van der Waals surface area contributed by atoms with E-state index in [2.05, 4.69) is 4.90 Å². The molecule has 0 aliphatic heterocycles. The Balaban J connectivity index is 2.80. The maximum absolute atomic E-state index is 10.5. The Bertz CT molecular complexity index is 402. The average Bonchev–Trinajstić information content (AvgIpc) is 2.28. The molecule has 0 saturated carbocycles. The van der Waals surface area contributed by atoms with E-state index < -0.39 is 5.97 Å². The van der Waals surface area contributed by atoms with Gasteiger partial charge in [-0.15, -0.1) is 0 Å². The maximum Gasteiger partial charge on any atom is 0.303 e. The summed E-state index contributed by atoms with van der Waals surface area (Å²) in [5.41, 5.74) is 2.22. The highest BCUT2D eigenvalue weighted by Gasteiger charge is 2.10. The van der Waals surface area contributed by atoms with E-state index in [1.54, 1.807) is 7.11 Å². The minimum Gasteiger partial charge on any atom is -0.496 e. The molecule has 4 heteroatoms. The van der Waals surface area contributed by atoms with Gasteiger partial charge in [-0.25, -0.2) is 0 Å². The molecule has 18 heavy (non-hydrogen) atoms. The number of carbonyl (C=O) groups is 1. The molecule has 0 fully saturated rings. The van der Waals surface area contributed by atoms with E-state index in [1.165, 1.54) is 0 Å². The molecule has 0 aromatic heterocycles. The third-order valence-electron chi connectivity index (χ3n) is 2.71. The molecule has 0 bridgehead atoms. The fourth-order valence-corrected chi connectivity index (χ4v) is 1.99. The van der Waals surface area contributed by atoms with Crippen LogP contribution in [0.3, 0.4) is 0 Å². The van der Waals surface area contributed by atoms with Gasteiger partial charge in [-0.1, -0.05) is 18.2 Å². The molecule has 4 nitrogen and oxygen atoms in total. The van der Waals surface area contributed by atoms with Gasteiger partial charge in [-0.05, 0) is 32.5 Å². The second-order valence-electron chi connectivity index (χ2n) is 4.59. The molecular formula is C14H21NO3. The lowest BCUT2D eigenvalue weighted by Crippen LogP contribution is -2.12. The van der Waals surface area contributed by atoms with Crippen LogP contribution < -0.4 is 4.74 Å². The van der Waals surface area contributed by atoms with Crippen LogP contribution in [0.2, 0.25) is 0 Å². The van der Waals surface area contributed by atoms with Crippen LogP contribution in [0.15, 0.2) is 18.2 Å². The van der Waals surface area contributed by atoms with Crippen molar-refractivity contribution >= 4 is 5.97 Å². The van der Waals surface area contributed by atoms with Gasteiger partial charge in [0.2, 0.25) is 0 Å². The number of hydrogen-bond donors (Lipinski definition) is 1. The molecule has 0 unspecified atom stereocenters. The van der Waals surface area contributed by atoms with Crippen molar-refractivity contribution in [1.29, 1.82) is 0 Å². The largest absolute Gasteiger partial charge is 0.496 e. The van der Waals surface area contributed by atoms with Crippen molar-refractivity contribution in [3.05, 3.63) is 29.3 Å². The van der Waals surface area contributed by atoms with Gasteiger partial charge in [0, 0.05) is 18.5 Å². The van der Waals surface area contributed by atoms with Gasteiger partial charge in [-0.3, -0.25) is 4.79 Å². The van der Waals surface area contributed by atoms with E-state index in [0.29, 0.717) is 6.42 Å². The molecule has 0 aliphatic carbocycles.